The number of amides is 6. The normalized spacial score (nSPS) is 22.7. The second-order valence-corrected chi connectivity index (χ2v) is 15.5. The molecule has 6 amide bonds. The lowest BCUT2D eigenvalue weighted by Crippen LogP contribution is -2.68. The number of nitrogens with one attached hydrogen (secondary N) is 2. The number of carbonyl (C=O) groups is 7. The fourth-order valence-electron chi connectivity index (χ4n) is 5.69. The number of benzene rings is 1. The van der Waals surface area contributed by atoms with Crippen molar-refractivity contribution in [2.24, 2.45) is 11.1 Å². The second-order valence-electron chi connectivity index (χ2n) is 12.8. The molecule has 0 aliphatic carbocycles. The highest BCUT2D eigenvalue weighted by molar-refractivity contribution is 8.02. The molecule has 4 fully saturated rings. The Labute approximate surface area is 317 Å². The van der Waals surface area contributed by atoms with E-state index in [1.165, 1.54) is 24.1 Å². The third kappa shape index (κ3) is 6.57. The number of oxime groups is 1. The Balaban J connectivity index is 1.06. The van der Waals surface area contributed by atoms with E-state index in [2.05, 4.69) is 20.9 Å². The number of thiazole rings is 1. The van der Waals surface area contributed by atoms with Crippen LogP contribution in [0.25, 0.3) is 0 Å². The molecule has 1 aromatic heterocycles. The number of rotatable bonds is 12. The summed E-state index contributed by atoms with van der Waals surface area (Å²) in [5.74, 6) is -7.80. The number of carboxylic acids is 1. The van der Waals surface area contributed by atoms with Gasteiger partial charge in [0.15, 0.2) is 27.2 Å². The molecule has 6 rings (SSSR count). The lowest BCUT2D eigenvalue weighted by Gasteiger charge is -2.41. The molecule has 4 saturated heterocycles. The number of β-lactam (4-membered cyclic amide) rings is 1. The Kier molecular flexibility index (Phi) is 9.83. The van der Waals surface area contributed by atoms with Crippen LogP contribution in [0, 0.1) is 5.92 Å². The first kappa shape index (κ1) is 38.1. The third-order valence-electron chi connectivity index (χ3n) is 8.91. The van der Waals surface area contributed by atoms with Crippen LogP contribution in [0.4, 0.5) is 9.93 Å². The number of nitrogen functional groups attached to an aromatic ring is 1. The first-order valence-electron chi connectivity index (χ1n) is 15.7. The molecule has 7 N–H and O–H groups in total. The van der Waals surface area contributed by atoms with E-state index in [4.69, 9.17) is 22.2 Å². The van der Waals surface area contributed by atoms with Crippen molar-refractivity contribution >= 4 is 93.2 Å². The molecule has 0 bridgehead atoms. The number of Topliss-reactive ketones (excluding diaryl/α,β-unsaturated/α-hetero) is 1. The SMILES string of the molecule is CC(C)(O/N=C(\C(=O)N[C@@H]1C(=O)N2C[C@@]([C]=O)(N3CCN(NC(=O)C4CN(C(=O)C(=O)c5ccc(O)c(O)c5Cl)C4)C3=O)S[C@H]12)c1csc(N)n1)C(=O)O. The molecule has 2 aromatic rings. The minimum absolute atomic E-state index is 0.0471. The molecule has 0 saturated carbocycles. The average molecular weight is 807 g/mol. The summed E-state index contributed by atoms with van der Waals surface area (Å²) in [4.78, 5) is 113. The minimum Gasteiger partial charge on any atom is -0.504 e. The van der Waals surface area contributed by atoms with E-state index in [0.717, 1.165) is 50.0 Å². The quantitative estimate of drug-likeness (QED) is 0.0363. The second kappa shape index (κ2) is 13.9. The van der Waals surface area contributed by atoms with Crippen molar-refractivity contribution in [3.63, 3.8) is 0 Å². The largest absolute Gasteiger partial charge is 0.504 e. The number of aliphatic carboxylic acids is 1. The molecule has 3 atom stereocenters. The lowest BCUT2D eigenvalue weighted by molar-refractivity contribution is -0.161. The van der Waals surface area contributed by atoms with Gasteiger partial charge in [-0.05, 0) is 26.0 Å². The molecular formula is C30H29ClN9O12S2. The number of fused-ring (bicyclic) bond motifs is 1. The average Bonchev–Trinajstić information content (AvgIpc) is 3.81. The van der Waals surface area contributed by atoms with Crippen LogP contribution < -0.4 is 16.5 Å². The van der Waals surface area contributed by atoms with Crippen LogP contribution >= 0.6 is 34.7 Å². The zero-order valence-corrected chi connectivity index (χ0v) is 30.4. The lowest BCUT2D eigenvalue weighted by atomic mass is 9.97. The van der Waals surface area contributed by atoms with Gasteiger partial charge in [-0.25, -0.2) is 19.6 Å². The van der Waals surface area contributed by atoms with Gasteiger partial charge >= 0.3 is 12.0 Å². The molecule has 5 heterocycles. The molecule has 0 spiro atoms. The number of nitrogens with zero attached hydrogens (tertiary/aromatic N) is 6. The van der Waals surface area contributed by atoms with Gasteiger partial charge in [0.25, 0.3) is 17.6 Å². The van der Waals surface area contributed by atoms with Gasteiger partial charge in [-0.1, -0.05) is 28.5 Å². The predicted molar refractivity (Wildman–Crippen MR) is 185 cm³/mol. The first-order valence-corrected chi connectivity index (χ1v) is 17.9. The van der Waals surface area contributed by atoms with E-state index < -0.39 is 91.5 Å². The molecule has 21 nitrogen and oxygen atoms in total. The first-order chi connectivity index (χ1) is 25.4. The van der Waals surface area contributed by atoms with Crippen LogP contribution in [0.2, 0.25) is 5.02 Å². The smallest absolute Gasteiger partial charge is 0.350 e. The Morgan fingerprint density at radius 1 is 1.17 bits per heavy atom. The number of anilines is 1. The van der Waals surface area contributed by atoms with E-state index >= 15 is 0 Å². The number of aromatic nitrogens is 1. The Bertz CT molecular complexity index is 2040. The van der Waals surface area contributed by atoms with Gasteiger partial charge in [0.1, 0.15) is 17.1 Å². The van der Waals surface area contributed by atoms with E-state index in [0.29, 0.717) is 0 Å². The summed E-state index contributed by atoms with van der Waals surface area (Å²) in [6.07, 6.45) is 1.85. The summed E-state index contributed by atoms with van der Waals surface area (Å²) < 4.78 is 0. The number of nitrogens with two attached hydrogens (primary N) is 1. The number of halogens is 1. The molecule has 24 heteroatoms. The number of ketones is 1. The summed E-state index contributed by atoms with van der Waals surface area (Å²) >= 11 is 7.74. The number of likely N-dealkylation sites (tertiary alicyclic amines) is 1. The fraction of sp³-hybridized carbons (Fsp3) is 0.400. The van der Waals surface area contributed by atoms with E-state index in [1.54, 1.807) is 0 Å². The summed E-state index contributed by atoms with van der Waals surface area (Å²) in [5.41, 5.74) is 5.46. The molecule has 1 aromatic carbocycles. The molecular weight excluding hydrogens is 778 g/mol. The summed E-state index contributed by atoms with van der Waals surface area (Å²) in [5, 5.41) is 36.0. The van der Waals surface area contributed by atoms with Gasteiger partial charge in [0.05, 0.1) is 29.6 Å². The summed E-state index contributed by atoms with van der Waals surface area (Å²) in [7, 11) is 0. The standard InChI is InChI=1S/C30H29ClN9O12S2/c1-29(2,26(49)50)52-36-17(14-9-53-27(32)33-14)22(46)34-18-23(47)38-10-30(11-41,54-25(18)38)39-5-6-40(28(39)51)35-21(45)12-7-37(8-12)24(48)19(43)13-3-4-15(42)20(44)16(13)31/h3-4,9,12,18,25,42,44H,5-8,10H2,1-2H3,(H2,32,33)(H,34,46)(H,35,45)(H,49,50)/b36-17-/t18-,25-,30-/m1/s1. The molecule has 285 valence electrons. The number of hydrogen-bond donors (Lipinski definition) is 6. The number of thioether (sulfide) groups is 1. The number of phenolic OH excluding ortho intramolecular Hbond substituents is 2. The van der Waals surface area contributed by atoms with Crippen molar-refractivity contribution in [1.82, 2.24) is 35.4 Å². The van der Waals surface area contributed by atoms with Crippen molar-refractivity contribution in [3.8, 4) is 11.5 Å². The van der Waals surface area contributed by atoms with Gasteiger partial charge < -0.3 is 41.0 Å². The number of phenols is 2. The minimum atomic E-state index is -1.83. The number of urea groups is 1. The third-order valence-corrected chi connectivity index (χ3v) is 11.6. The highest BCUT2D eigenvalue weighted by Gasteiger charge is 2.64. The zero-order valence-electron chi connectivity index (χ0n) is 28.0. The Morgan fingerprint density at radius 2 is 1.87 bits per heavy atom. The van der Waals surface area contributed by atoms with Gasteiger partial charge in [-0.2, -0.15) is 0 Å². The highest BCUT2D eigenvalue weighted by atomic mass is 35.5. The fourth-order valence-corrected chi connectivity index (χ4v) is 8.07. The van der Waals surface area contributed by atoms with Crippen LogP contribution in [0.5, 0.6) is 11.5 Å². The van der Waals surface area contributed by atoms with Crippen molar-refractivity contribution < 1.29 is 58.5 Å². The van der Waals surface area contributed by atoms with E-state index in [-0.39, 0.29) is 49.1 Å². The van der Waals surface area contributed by atoms with Crippen molar-refractivity contribution in [2.45, 2.75) is 35.7 Å². The van der Waals surface area contributed by atoms with Crippen LogP contribution in [0.3, 0.4) is 0 Å². The zero-order chi connectivity index (χ0) is 39.4. The van der Waals surface area contributed by atoms with Crippen LogP contribution in [-0.2, 0) is 33.6 Å². The number of hydrazine groups is 1. The van der Waals surface area contributed by atoms with Crippen LogP contribution in [-0.4, -0.2) is 148 Å². The van der Waals surface area contributed by atoms with Crippen LogP contribution in [0.1, 0.15) is 29.9 Å². The maximum atomic E-state index is 13.5. The molecule has 1 radical (unpaired) electrons. The summed E-state index contributed by atoms with van der Waals surface area (Å²) in [6, 6.07) is 0.0804. The number of carboxylic acid groups (broad SMARTS) is 1. The van der Waals surface area contributed by atoms with Gasteiger partial charge in [-0.3, -0.25) is 39.1 Å². The van der Waals surface area contributed by atoms with Crippen molar-refractivity contribution in [1.29, 1.82) is 0 Å². The number of hydrogen-bond acceptors (Lipinski definition) is 16. The predicted octanol–water partition coefficient (Wildman–Crippen LogP) is -1.31. The van der Waals surface area contributed by atoms with Crippen molar-refractivity contribution in [2.75, 3.05) is 38.5 Å². The molecule has 4 aliphatic heterocycles. The van der Waals surface area contributed by atoms with E-state index in [1.807, 2.05) is 6.29 Å². The molecule has 4 aliphatic rings. The monoisotopic (exact) mass is 806 g/mol. The van der Waals surface area contributed by atoms with Gasteiger partial charge in [0, 0.05) is 25.0 Å². The van der Waals surface area contributed by atoms with Crippen LogP contribution in [0.15, 0.2) is 22.7 Å². The summed E-state index contributed by atoms with van der Waals surface area (Å²) in [6.45, 7) is 1.65. The van der Waals surface area contributed by atoms with Gasteiger partial charge in [-0.15, -0.1) is 11.3 Å². The highest BCUT2D eigenvalue weighted by Crippen LogP contribution is 2.48. The molecule has 0 unspecified atom stereocenters. The maximum absolute atomic E-state index is 13.5. The van der Waals surface area contributed by atoms with Gasteiger partial charge in [0.2, 0.25) is 23.7 Å². The Hall–Kier alpha value is -5.68. The maximum Gasteiger partial charge on any atom is 0.350 e. The van der Waals surface area contributed by atoms with E-state index in [9.17, 15) is 53.7 Å². The number of aromatic hydroxyl groups is 2. The van der Waals surface area contributed by atoms with Crippen molar-refractivity contribution in [3.05, 3.63) is 33.8 Å². The molecule has 54 heavy (non-hydrogen) atoms. The number of carbonyl (C=O) groups excluding carboxylic acids is 7. The Morgan fingerprint density at radius 3 is 2.50 bits per heavy atom. The topological polar surface area (TPSA) is 295 Å².